The molecule has 0 atom stereocenters. The van der Waals surface area contributed by atoms with Gasteiger partial charge in [-0.25, -0.2) is 0 Å². The van der Waals surface area contributed by atoms with Crippen LogP contribution < -0.4 is 11.1 Å². The van der Waals surface area contributed by atoms with Gasteiger partial charge in [-0.15, -0.1) is 0 Å². The molecule has 3 heteroatoms. The zero-order valence-corrected chi connectivity index (χ0v) is 10.3. The molecule has 3 nitrogen and oxygen atoms in total. The second-order valence-electron chi connectivity index (χ2n) is 4.00. The average Bonchev–Trinajstić information content (AvgIpc) is 2.39. The first-order valence-corrected chi connectivity index (χ1v) is 5.96. The minimum atomic E-state index is -0.0938. The largest absolute Gasteiger partial charge is 0.398 e. The third kappa shape index (κ3) is 2.35. The Hall–Kier alpha value is -2.29. The number of nitrogens with one attached hydrogen (secondary N) is 1. The zero-order valence-electron chi connectivity index (χ0n) is 10.3. The van der Waals surface area contributed by atoms with Crippen LogP contribution in [0.3, 0.4) is 0 Å². The first-order chi connectivity index (χ1) is 8.74. The maximum Gasteiger partial charge on any atom is 0.251 e. The molecular weight excluding hydrogens is 224 g/mol. The third-order valence-corrected chi connectivity index (χ3v) is 2.74. The van der Waals surface area contributed by atoms with Crippen LogP contribution >= 0.6 is 0 Å². The number of rotatable bonds is 3. The molecule has 2 aromatic carbocycles. The molecule has 0 unspecified atom stereocenters. The van der Waals surface area contributed by atoms with E-state index in [1.807, 2.05) is 43.3 Å². The maximum absolute atomic E-state index is 12.0. The van der Waals surface area contributed by atoms with E-state index in [-0.39, 0.29) is 5.91 Å². The standard InChI is InChI=1S/C15H16N2O/c1-2-17-15(18)12-9-6-10-13(16)14(12)11-7-4-3-5-8-11/h3-10H,2,16H2,1H3,(H,17,18). The molecular formula is C15H16N2O. The summed E-state index contributed by atoms with van der Waals surface area (Å²) >= 11 is 0. The summed E-state index contributed by atoms with van der Waals surface area (Å²) in [5.74, 6) is -0.0938. The molecule has 0 saturated carbocycles. The third-order valence-electron chi connectivity index (χ3n) is 2.74. The first-order valence-electron chi connectivity index (χ1n) is 5.96. The van der Waals surface area contributed by atoms with Gasteiger partial charge in [0, 0.05) is 23.4 Å². The van der Waals surface area contributed by atoms with E-state index in [4.69, 9.17) is 5.73 Å². The molecule has 0 aliphatic carbocycles. The van der Waals surface area contributed by atoms with Gasteiger partial charge in [-0.05, 0) is 24.6 Å². The van der Waals surface area contributed by atoms with Gasteiger partial charge in [0.15, 0.2) is 0 Å². The molecule has 3 N–H and O–H groups in total. The Kier molecular flexibility index (Phi) is 3.63. The molecule has 2 rings (SSSR count). The number of anilines is 1. The summed E-state index contributed by atoms with van der Waals surface area (Å²) in [7, 11) is 0. The van der Waals surface area contributed by atoms with Crippen LogP contribution in [0.2, 0.25) is 0 Å². The number of carbonyl (C=O) groups is 1. The van der Waals surface area contributed by atoms with E-state index in [2.05, 4.69) is 5.32 Å². The van der Waals surface area contributed by atoms with Crippen LogP contribution in [0.5, 0.6) is 0 Å². The van der Waals surface area contributed by atoms with Crippen molar-refractivity contribution in [1.82, 2.24) is 5.32 Å². The normalized spacial score (nSPS) is 10.1. The van der Waals surface area contributed by atoms with Crippen molar-refractivity contribution in [2.75, 3.05) is 12.3 Å². The predicted molar refractivity (Wildman–Crippen MR) is 74.3 cm³/mol. The van der Waals surface area contributed by atoms with Gasteiger partial charge < -0.3 is 11.1 Å². The number of hydrogen-bond acceptors (Lipinski definition) is 2. The predicted octanol–water partition coefficient (Wildman–Crippen LogP) is 2.69. The summed E-state index contributed by atoms with van der Waals surface area (Å²) in [5.41, 5.74) is 8.99. The molecule has 0 radical (unpaired) electrons. The SMILES string of the molecule is CCNC(=O)c1cccc(N)c1-c1ccccc1. The van der Waals surface area contributed by atoms with Gasteiger partial charge in [0.25, 0.3) is 5.91 Å². The molecule has 0 aliphatic heterocycles. The zero-order chi connectivity index (χ0) is 13.0. The van der Waals surface area contributed by atoms with Crippen molar-refractivity contribution in [2.45, 2.75) is 6.92 Å². The van der Waals surface area contributed by atoms with E-state index in [1.54, 1.807) is 12.1 Å². The lowest BCUT2D eigenvalue weighted by atomic mass is 9.97. The summed E-state index contributed by atoms with van der Waals surface area (Å²) in [6.45, 7) is 2.49. The van der Waals surface area contributed by atoms with Crippen molar-refractivity contribution < 1.29 is 4.79 Å². The van der Waals surface area contributed by atoms with Crippen LogP contribution in [0.4, 0.5) is 5.69 Å². The monoisotopic (exact) mass is 240 g/mol. The highest BCUT2D eigenvalue weighted by Gasteiger charge is 2.14. The molecule has 0 aromatic heterocycles. The Balaban J connectivity index is 2.55. The highest BCUT2D eigenvalue weighted by atomic mass is 16.1. The number of benzene rings is 2. The smallest absolute Gasteiger partial charge is 0.251 e. The van der Waals surface area contributed by atoms with Crippen LogP contribution in [-0.4, -0.2) is 12.5 Å². The van der Waals surface area contributed by atoms with Gasteiger partial charge in [0.1, 0.15) is 0 Å². The molecule has 0 saturated heterocycles. The van der Waals surface area contributed by atoms with Gasteiger partial charge >= 0.3 is 0 Å². The Labute approximate surface area is 107 Å². The Bertz CT molecular complexity index is 550. The van der Waals surface area contributed by atoms with Crippen LogP contribution in [0.15, 0.2) is 48.5 Å². The minimum Gasteiger partial charge on any atom is -0.398 e. The quantitative estimate of drug-likeness (QED) is 0.810. The number of nitrogen functional groups attached to an aromatic ring is 1. The average molecular weight is 240 g/mol. The molecule has 0 spiro atoms. The van der Waals surface area contributed by atoms with Crippen LogP contribution in [-0.2, 0) is 0 Å². The molecule has 0 bridgehead atoms. The van der Waals surface area contributed by atoms with Crippen molar-refractivity contribution >= 4 is 11.6 Å². The van der Waals surface area contributed by atoms with E-state index in [9.17, 15) is 4.79 Å². The van der Waals surface area contributed by atoms with E-state index in [0.29, 0.717) is 17.8 Å². The van der Waals surface area contributed by atoms with Crippen LogP contribution in [0.1, 0.15) is 17.3 Å². The number of amides is 1. The minimum absolute atomic E-state index is 0.0938. The first kappa shape index (κ1) is 12.2. The van der Waals surface area contributed by atoms with Crippen molar-refractivity contribution in [3.63, 3.8) is 0 Å². The fraction of sp³-hybridized carbons (Fsp3) is 0.133. The van der Waals surface area contributed by atoms with Gasteiger partial charge in [0.2, 0.25) is 0 Å². The second-order valence-corrected chi connectivity index (χ2v) is 4.00. The van der Waals surface area contributed by atoms with Gasteiger partial charge in [0.05, 0.1) is 0 Å². The van der Waals surface area contributed by atoms with E-state index in [0.717, 1.165) is 11.1 Å². The summed E-state index contributed by atoms with van der Waals surface area (Å²) in [6, 6.07) is 15.1. The lowest BCUT2D eigenvalue weighted by Crippen LogP contribution is -2.23. The Morgan fingerprint density at radius 2 is 1.83 bits per heavy atom. The summed E-state index contributed by atoms with van der Waals surface area (Å²) in [5, 5.41) is 2.80. The second kappa shape index (κ2) is 5.36. The summed E-state index contributed by atoms with van der Waals surface area (Å²) < 4.78 is 0. The van der Waals surface area contributed by atoms with E-state index in [1.165, 1.54) is 0 Å². The van der Waals surface area contributed by atoms with Crippen molar-refractivity contribution in [1.29, 1.82) is 0 Å². The lowest BCUT2D eigenvalue weighted by molar-refractivity contribution is 0.0956. The Morgan fingerprint density at radius 3 is 2.50 bits per heavy atom. The van der Waals surface area contributed by atoms with Crippen LogP contribution in [0, 0.1) is 0 Å². The van der Waals surface area contributed by atoms with Crippen LogP contribution in [0.25, 0.3) is 11.1 Å². The molecule has 0 aliphatic rings. The van der Waals surface area contributed by atoms with E-state index < -0.39 is 0 Å². The maximum atomic E-state index is 12.0. The van der Waals surface area contributed by atoms with Gasteiger partial charge in [-0.2, -0.15) is 0 Å². The number of hydrogen-bond donors (Lipinski definition) is 2. The highest BCUT2D eigenvalue weighted by molar-refractivity contribution is 6.03. The lowest BCUT2D eigenvalue weighted by Gasteiger charge is -2.12. The van der Waals surface area contributed by atoms with Gasteiger partial charge in [-0.3, -0.25) is 4.79 Å². The molecule has 0 heterocycles. The van der Waals surface area contributed by atoms with Gasteiger partial charge in [-0.1, -0.05) is 36.4 Å². The Morgan fingerprint density at radius 1 is 1.11 bits per heavy atom. The molecule has 1 amide bonds. The fourth-order valence-corrected chi connectivity index (χ4v) is 1.94. The number of nitrogens with two attached hydrogens (primary N) is 1. The topological polar surface area (TPSA) is 55.1 Å². The van der Waals surface area contributed by atoms with Crippen molar-refractivity contribution in [3.8, 4) is 11.1 Å². The fourth-order valence-electron chi connectivity index (χ4n) is 1.94. The van der Waals surface area contributed by atoms with E-state index >= 15 is 0 Å². The summed E-state index contributed by atoms with van der Waals surface area (Å²) in [4.78, 5) is 12.0. The van der Waals surface area contributed by atoms with Crippen molar-refractivity contribution in [3.05, 3.63) is 54.1 Å². The highest BCUT2D eigenvalue weighted by Crippen LogP contribution is 2.29. The summed E-state index contributed by atoms with van der Waals surface area (Å²) in [6.07, 6.45) is 0. The molecule has 18 heavy (non-hydrogen) atoms. The molecule has 92 valence electrons. The number of carbonyl (C=O) groups excluding carboxylic acids is 1. The molecule has 0 fully saturated rings. The molecule has 2 aromatic rings. The van der Waals surface area contributed by atoms with Crippen molar-refractivity contribution in [2.24, 2.45) is 0 Å².